The molecule has 1 aliphatic rings. The molecule has 0 spiro atoms. The summed E-state index contributed by atoms with van der Waals surface area (Å²) >= 11 is 6.75. The highest BCUT2D eigenvalue weighted by molar-refractivity contribution is 7.80. The van der Waals surface area contributed by atoms with Crippen molar-refractivity contribution in [2.75, 3.05) is 7.11 Å². The minimum absolute atomic E-state index is 0.223. The highest BCUT2D eigenvalue weighted by Gasteiger charge is 2.39. The van der Waals surface area contributed by atoms with Crippen molar-refractivity contribution in [2.45, 2.75) is 26.8 Å². The van der Waals surface area contributed by atoms with Crippen LogP contribution in [0.5, 0.6) is 0 Å². The maximum atomic E-state index is 12.2. The van der Waals surface area contributed by atoms with Gasteiger partial charge in [0.15, 0.2) is 5.11 Å². The van der Waals surface area contributed by atoms with Crippen LogP contribution in [0.2, 0.25) is 0 Å². The highest BCUT2D eigenvalue weighted by Crippen LogP contribution is 2.38. The van der Waals surface area contributed by atoms with Gasteiger partial charge in [-0.1, -0.05) is 0 Å². The summed E-state index contributed by atoms with van der Waals surface area (Å²) in [6, 6.07) is 1.41. The molecule has 1 aliphatic heterocycles. The van der Waals surface area contributed by atoms with Gasteiger partial charge in [-0.25, -0.2) is 4.79 Å². The lowest BCUT2D eigenvalue weighted by atomic mass is 9.97. The van der Waals surface area contributed by atoms with Crippen LogP contribution in [0.4, 0.5) is 0 Å². The lowest BCUT2D eigenvalue weighted by molar-refractivity contribution is -0.137. The third-order valence-corrected chi connectivity index (χ3v) is 4.71. The van der Waals surface area contributed by atoms with Crippen LogP contribution in [0.3, 0.4) is 0 Å². The second-order valence-corrected chi connectivity index (χ2v) is 6.05. The van der Waals surface area contributed by atoms with E-state index in [1.165, 1.54) is 30.3 Å². The topological polar surface area (TPSA) is 58.6 Å². The zero-order chi connectivity index (χ0) is 15.7. The van der Waals surface area contributed by atoms with Gasteiger partial charge in [0.1, 0.15) is 6.04 Å². The van der Waals surface area contributed by atoms with Crippen LogP contribution >= 0.6 is 23.6 Å². The molecule has 1 aromatic heterocycles. The third kappa shape index (κ3) is 2.71. The van der Waals surface area contributed by atoms with Crippen LogP contribution < -0.4 is 5.32 Å². The molecule has 2 heterocycles. The minimum atomic E-state index is -0.538. The Morgan fingerprint density at radius 1 is 1.43 bits per heavy atom. The fourth-order valence-electron chi connectivity index (χ4n) is 2.35. The number of aryl methyl sites for hydroxylation is 1. The first-order valence-electron chi connectivity index (χ1n) is 6.32. The minimum Gasteiger partial charge on any atom is -0.466 e. The van der Waals surface area contributed by atoms with Crippen molar-refractivity contribution in [3.63, 3.8) is 0 Å². The van der Waals surface area contributed by atoms with Gasteiger partial charge < -0.3 is 10.1 Å². The van der Waals surface area contributed by atoms with Crippen molar-refractivity contribution in [1.82, 2.24) is 10.2 Å². The quantitative estimate of drug-likeness (QED) is 0.668. The van der Waals surface area contributed by atoms with Gasteiger partial charge in [0, 0.05) is 17.5 Å². The summed E-state index contributed by atoms with van der Waals surface area (Å²) in [7, 11) is 1.33. The van der Waals surface area contributed by atoms with E-state index < -0.39 is 12.0 Å². The van der Waals surface area contributed by atoms with E-state index in [2.05, 4.69) is 5.32 Å². The van der Waals surface area contributed by atoms with E-state index in [1.54, 1.807) is 6.92 Å². The first-order valence-corrected chi connectivity index (χ1v) is 7.61. The first-order chi connectivity index (χ1) is 9.88. The Bertz CT molecular complexity index is 648. The number of thiocarbonyl (C=S) groups is 1. The van der Waals surface area contributed by atoms with Crippen molar-refractivity contribution < 1.29 is 14.3 Å². The maximum Gasteiger partial charge on any atom is 0.338 e. The van der Waals surface area contributed by atoms with Crippen LogP contribution in [0.1, 0.15) is 30.3 Å². The summed E-state index contributed by atoms with van der Waals surface area (Å²) in [5, 5.41) is 5.13. The van der Waals surface area contributed by atoms with Crippen LogP contribution in [-0.4, -0.2) is 29.0 Å². The molecule has 1 amide bonds. The number of nitrogens with one attached hydrogen (secondary N) is 1. The summed E-state index contributed by atoms with van der Waals surface area (Å²) in [6.07, 6.45) is 0. The molecule has 0 bridgehead atoms. The Kier molecular flexibility index (Phi) is 4.43. The molecule has 5 nitrogen and oxygen atoms in total. The van der Waals surface area contributed by atoms with Gasteiger partial charge in [-0.2, -0.15) is 0 Å². The molecule has 0 aromatic carbocycles. The highest BCUT2D eigenvalue weighted by atomic mass is 32.1. The predicted molar refractivity (Wildman–Crippen MR) is 84.8 cm³/mol. The first kappa shape index (κ1) is 15.7. The Morgan fingerprint density at radius 2 is 2.10 bits per heavy atom. The average molecular weight is 324 g/mol. The number of carbonyl (C=O) groups excluding carboxylic acids is 2. The van der Waals surface area contributed by atoms with Crippen molar-refractivity contribution in [3.8, 4) is 0 Å². The molecule has 1 aromatic rings. The fraction of sp³-hybridized carbons (Fsp3) is 0.357. The van der Waals surface area contributed by atoms with Crippen molar-refractivity contribution in [1.29, 1.82) is 0 Å². The molecule has 0 saturated carbocycles. The zero-order valence-corrected chi connectivity index (χ0v) is 13.9. The lowest BCUT2D eigenvalue weighted by Gasteiger charge is -2.37. The number of hydrogen-bond donors (Lipinski definition) is 1. The summed E-state index contributed by atoms with van der Waals surface area (Å²) in [5.74, 6) is -0.689. The van der Waals surface area contributed by atoms with E-state index in [4.69, 9.17) is 17.0 Å². The summed E-state index contributed by atoms with van der Waals surface area (Å²) in [4.78, 5) is 26.5. The number of hydrogen-bond acceptors (Lipinski definition) is 5. The molecule has 1 N–H and O–H groups in total. The number of carbonyl (C=O) groups is 2. The largest absolute Gasteiger partial charge is 0.466 e. The summed E-state index contributed by atoms with van der Waals surface area (Å²) in [5.41, 5.74) is 2.03. The van der Waals surface area contributed by atoms with Crippen molar-refractivity contribution >= 4 is 40.5 Å². The standard InChI is InChI=1S/C14H16N2O3S2/c1-7-5-6-21-12(7)11-10(13(18)19-4)8(2)15-14(20)16(11)9(3)17/h5-6,11H,1-4H3,(H,15,20)/t11-/m0/s1. The van der Waals surface area contributed by atoms with E-state index >= 15 is 0 Å². The molecule has 21 heavy (non-hydrogen) atoms. The van der Waals surface area contributed by atoms with Crippen molar-refractivity contribution in [3.05, 3.63) is 33.2 Å². The van der Waals surface area contributed by atoms with E-state index in [9.17, 15) is 9.59 Å². The van der Waals surface area contributed by atoms with Gasteiger partial charge in [-0.05, 0) is 43.1 Å². The Hall–Kier alpha value is -1.73. The summed E-state index contributed by atoms with van der Waals surface area (Å²) in [6.45, 7) is 5.13. The van der Waals surface area contributed by atoms with Gasteiger partial charge >= 0.3 is 5.97 Å². The molecule has 0 unspecified atom stereocenters. The average Bonchev–Trinajstić information content (AvgIpc) is 2.82. The Labute approximate surface area is 132 Å². The van der Waals surface area contributed by atoms with Gasteiger partial charge in [0.05, 0.1) is 12.7 Å². The SMILES string of the molecule is COC(=O)C1=C(C)NC(=S)N(C(C)=O)[C@@H]1c1sccc1C. The van der Waals surface area contributed by atoms with Crippen LogP contribution in [0, 0.1) is 6.92 Å². The lowest BCUT2D eigenvalue weighted by Crippen LogP contribution is -2.50. The van der Waals surface area contributed by atoms with Crippen molar-refractivity contribution in [2.24, 2.45) is 0 Å². The summed E-state index contributed by atoms with van der Waals surface area (Å²) < 4.78 is 4.88. The van der Waals surface area contributed by atoms with Crippen LogP contribution in [0.25, 0.3) is 0 Å². The molecular weight excluding hydrogens is 308 g/mol. The number of ether oxygens (including phenoxy) is 1. The van der Waals surface area contributed by atoms with E-state index in [0.717, 1.165) is 10.4 Å². The van der Waals surface area contributed by atoms with Gasteiger partial charge in [0.2, 0.25) is 5.91 Å². The number of allylic oxidation sites excluding steroid dienone is 1. The molecule has 112 valence electrons. The number of rotatable bonds is 2. The van der Waals surface area contributed by atoms with E-state index in [-0.39, 0.29) is 5.91 Å². The monoisotopic (exact) mass is 324 g/mol. The smallest absolute Gasteiger partial charge is 0.338 e. The van der Waals surface area contributed by atoms with E-state index in [1.807, 2.05) is 18.4 Å². The number of methoxy groups -OCH3 is 1. The maximum absolute atomic E-state index is 12.2. The van der Waals surface area contributed by atoms with Crippen LogP contribution in [-0.2, 0) is 14.3 Å². The molecule has 0 saturated heterocycles. The fourth-order valence-corrected chi connectivity index (χ4v) is 3.76. The second kappa shape index (κ2) is 5.95. The third-order valence-electron chi connectivity index (χ3n) is 3.34. The molecule has 7 heteroatoms. The second-order valence-electron chi connectivity index (χ2n) is 4.72. The molecule has 2 rings (SSSR count). The predicted octanol–water partition coefficient (Wildman–Crippen LogP) is 2.28. The van der Waals surface area contributed by atoms with Gasteiger partial charge in [0.25, 0.3) is 0 Å². The molecular formula is C14H16N2O3S2. The Morgan fingerprint density at radius 3 is 2.57 bits per heavy atom. The number of esters is 1. The molecule has 0 fully saturated rings. The van der Waals surface area contributed by atoms with Gasteiger partial charge in [-0.15, -0.1) is 11.3 Å². The normalized spacial score (nSPS) is 18.6. The molecule has 0 radical (unpaired) electrons. The zero-order valence-electron chi connectivity index (χ0n) is 12.2. The molecule has 1 atom stereocenters. The van der Waals surface area contributed by atoms with Gasteiger partial charge in [-0.3, -0.25) is 9.69 Å². The van der Waals surface area contributed by atoms with Crippen LogP contribution in [0.15, 0.2) is 22.7 Å². The Balaban J connectivity index is 2.67. The van der Waals surface area contributed by atoms with E-state index in [0.29, 0.717) is 16.4 Å². The molecule has 0 aliphatic carbocycles. The number of nitrogens with zero attached hydrogens (tertiary/aromatic N) is 1. The number of amides is 1. The number of thiophene rings is 1.